The first-order chi connectivity index (χ1) is 9.58. The average Bonchev–Trinajstić information content (AvgIpc) is 2.85. The number of rotatable bonds is 5. The fourth-order valence-electron chi connectivity index (χ4n) is 2.44. The minimum atomic E-state index is -0.108. The molecule has 0 saturated heterocycles. The summed E-state index contributed by atoms with van der Waals surface area (Å²) in [5.74, 6) is 7.38. The molecule has 5 nitrogen and oxygen atoms in total. The normalized spacial score (nSPS) is 12.4. The molecule has 20 heavy (non-hydrogen) atoms. The van der Waals surface area contributed by atoms with E-state index in [4.69, 9.17) is 15.0 Å². The van der Waals surface area contributed by atoms with Gasteiger partial charge in [-0.3, -0.25) is 10.8 Å². The Morgan fingerprint density at radius 1 is 1.35 bits per heavy atom. The van der Waals surface area contributed by atoms with Gasteiger partial charge in [0, 0.05) is 29.4 Å². The van der Waals surface area contributed by atoms with E-state index in [1.54, 1.807) is 13.4 Å². The summed E-state index contributed by atoms with van der Waals surface area (Å²) in [5, 5.41) is 0. The van der Waals surface area contributed by atoms with Crippen molar-refractivity contribution in [1.29, 1.82) is 0 Å². The van der Waals surface area contributed by atoms with Gasteiger partial charge in [-0.2, -0.15) is 0 Å². The zero-order valence-corrected chi connectivity index (χ0v) is 12.4. The van der Waals surface area contributed by atoms with Gasteiger partial charge in [0.15, 0.2) is 0 Å². The summed E-state index contributed by atoms with van der Waals surface area (Å²) in [6, 6.07) is 1.82. The van der Waals surface area contributed by atoms with Crippen LogP contribution in [0.1, 0.15) is 34.2 Å². The van der Waals surface area contributed by atoms with Gasteiger partial charge in [0.2, 0.25) is 0 Å². The molecule has 2 aromatic rings. The van der Waals surface area contributed by atoms with Crippen molar-refractivity contribution >= 4 is 0 Å². The van der Waals surface area contributed by atoms with E-state index in [1.165, 1.54) is 0 Å². The lowest BCUT2D eigenvalue weighted by Gasteiger charge is -2.17. The molecule has 3 N–H and O–H groups in total. The highest BCUT2D eigenvalue weighted by Gasteiger charge is 2.19. The van der Waals surface area contributed by atoms with Crippen molar-refractivity contribution in [2.75, 3.05) is 7.11 Å². The number of nitrogens with one attached hydrogen (secondary N) is 1. The molecule has 0 amide bonds. The van der Waals surface area contributed by atoms with Crippen LogP contribution in [0.3, 0.4) is 0 Å². The number of hydrogen-bond donors (Lipinski definition) is 2. The van der Waals surface area contributed by atoms with Crippen LogP contribution in [0.2, 0.25) is 0 Å². The van der Waals surface area contributed by atoms with E-state index in [0.717, 1.165) is 33.9 Å². The maximum Gasteiger partial charge on any atom is 0.128 e. The first kappa shape index (κ1) is 14.6. The highest BCUT2D eigenvalue weighted by Crippen LogP contribution is 2.28. The van der Waals surface area contributed by atoms with Crippen molar-refractivity contribution in [3.05, 3.63) is 46.7 Å². The fraction of sp³-hybridized carbons (Fsp3) is 0.400. The second kappa shape index (κ2) is 6.07. The minimum absolute atomic E-state index is 0.108. The van der Waals surface area contributed by atoms with Gasteiger partial charge in [-0.25, -0.2) is 5.43 Å². The molecule has 1 unspecified atom stereocenters. The number of aromatic nitrogens is 1. The molecule has 0 spiro atoms. The Kier molecular flexibility index (Phi) is 4.42. The van der Waals surface area contributed by atoms with Crippen LogP contribution in [-0.2, 0) is 6.42 Å². The molecule has 1 atom stereocenters. The van der Waals surface area contributed by atoms with E-state index in [1.807, 2.05) is 33.0 Å². The van der Waals surface area contributed by atoms with E-state index < -0.39 is 0 Å². The molecule has 2 aromatic heterocycles. The number of nitrogens with two attached hydrogens (primary N) is 1. The van der Waals surface area contributed by atoms with Gasteiger partial charge >= 0.3 is 0 Å². The lowest BCUT2D eigenvalue weighted by molar-refractivity contribution is 0.399. The van der Waals surface area contributed by atoms with Gasteiger partial charge in [0.25, 0.3) is 0 Å². The summed E-state index contributed by atoms with van der Waals surface area (Å²) in [6.45, 7) is 5.99. The van der Waals surface area contributed by atoms with Gasteiger partial charge in [0.05, 0.1) is 19.4 Å². The molecule has 2 rings (SSSR count). The Labute approximate surface area is 119 Å². The van der Waals surface area contributed by atoms with Crippen molar-refractivity contribution in [1.82, 2.24) is 10.4 Å². The van der Waals surface area contributed by atoms with E-state index in [2.05, 4.69) is 10.4 Å². The van der Waals surface area contributed by atoms with Crippen LogP contribution >= 0.6 is 0 Å². The molecule has 0 aliphatic carbocycles. The maximum atomic E-state index is 5.66. The van der Waals surface area contributed by atoms with E-state index >= 15 is 0 Å². The number of methoxy groups -OCH3 is 1. The number of nitrogens with zero attached hydrogens (tertiary/aromatic N) is 1. The molecular formula is C15H21N3O2. The van der Waals surface area contributed by atoms with Gasteiger partial charge in [-0.15, -0.1) is 0 Å². The first-order valence-electron chi connectivity index (χ1n) is 6.57. The SMILES string of the molecule is COc1c(C)cnc(CC(NN)c2occc2C)c1C. The zero-order valence-electron chi connectivity index (χ0n) is 12.4. The maximum absolute atomic E-state index is 5.66. The highest BCUT2D eigenvalue weighted by atomic mass is 16.5. The van der Waals surface area contributed by atoms with Crippen molar-refractivity contribution in [3.63, 3.8) is 0 Å². The van der Waals surface area contributed by atoms with Crippen molar-refractivity contribution in [2.24, 2.45) is 5.84 Å². The monoisotopic (exact) mass is 275 g/mol. The van der Waals surface area contributed by atoms with Gasteiger partial charge in [-0.05, 0) is 32.4 Å². The summed E-state index contributed by atoms with van der Waals surface area (Å²) in [6.07, 6.45) is 4.14. The molecule has 0 bridgehead atoms. The first-order valence-corrected chi connectivity index (χ1v) is 6.57. The van der Waals surface area contributed by atoms with Crippen molar-refractivity contribution in [3.8, 4) is 5.75 Å². The third kappa shape index (κ3) is 2.69. The van der Waals surface area contributed by atoms with Crippen LogP contribution in [0.15, 0.2) is 22.9 Å². The zero-order chi connectivity index (χ0) is 14.7. The van der Waals surface area contributed by atoms with Crippen molar-refractivity contribution < 1.29 is 9.15 Å². The smallest absolute Gasteiger partial charge is 0.128 e. The molecular weight excluding hydrogens is 254 g/mol. The van der Waals surface area contributed by atoms with Gasteiger partial charge in [-0.1, -0.05) is 0 Å². The summed E-state index contributed by atoms with van der Waals surface area (Å²) in [5.41, 5.74) is 6.89. The largest absolute Gasteiger partial charge is 0.496 e. The standard InChI is InChI=1S/C15H21N3O2/c1-9-5-6-20-15(9)13(18-16)7-12-11(3)14(19-4)10(2)8-17-12/h5-6,8,13,18H,7,16H2,1-4H3. The number of ether oxygens (including phenoxy) is 1. The lowest BCUT2D eigenvalue weighted by Crippen LogP contribution is -2.30. The Morgan fingerprint density at radius 2 is 2.10 bits per heavy atom. The lowest BCUT2D eigenvalue weighted by atomic mass is 10.0. The Balaban J connectivity index is 2.31. The summed E-state index contributed by atoms with van der Waals surface area (Å²) in [7, 11) is 1.68. The van der Waals surface area contributed by atoms with Gasteiger partial charge in [0.1, 0.15) is 11.5 Å². The second-order valence-corrected chi connectivity index (χ2v) is 4.94. The predicted octanol–water partition coefficient (Wildman–Crippen LogP) is 2.36. The van der Waals surface area contributed by atoms with Crippen LogP contribution in [0.5, 0.6) is 5.75 Å². The topological polar surface area (TPSA) is 73.3 Å². The van der Waals surface area contributed by atoms with E-state index in [-0.39, 0.29) is 6.04 Å². The average molecular weight is 275 g/mol. The van der Waals surface area contributed by atoms with Crippen LogP contribution in [0, 0.1) is 20.8 Å². The summed E-state index contributed by atoms with van der Waals surface area (Å²) >= 11 is 0. The molecule has 5 heteroatoms. The minimum Gasteiger partial charge on any atom is -0.496 e. The molecule has 0 aliphatic rings. The highest BCUT2D eigenvalue weighted by molar-refractivity contribution is 5.41. The third-order valence-electron chi connectivity index (χ3n) is 3.57. The molecule has 0 radical (unpaired) electrons. The van der Waals surface area contributed by atoms with Gasteiger partial charge < -0.3 is 9.15 Å². The summed E-state index contributed by atoms with van der Waals surface area (Å²) < 4.78 is 10.9. The Bertz CT molecular complexity index is 593. The van der Waals surface area contributed by atoms with Crippen LogP contribution in [-0.4, -0.2) is 12.1 Å². The summed E-state index contributed by atoms with van der Waals surface area (Å²) in [4.78, 5) is 4.50. The molecule has 0 fully saturated rings. The number of pyridine rings is 1. The van der Waals surface area contributed by atoms with Crippen LogP contribution < -0.4 is 16.0 Å². The molecule has 0 saturated carbocycles. The second-order valence-electron chi connectivity index (χ2n) is 4.94. The quantitative estimate of drug-likeness (QED) is 0.647. The van der Waals surface area contributed by atoms with Crippen molar-refractivity contribution in [2.45, 2.75) is 33.2 Å². The number of hydrazine groups is 1. The number of hydrogen-bond acceptors (Lipinski definition) is 5. The molecule has 0 aliphatic heterocycles. The molecule has 0 aromatic carbocycles. The van der Waals surface area contributed by atoms with Crippen LogP contribution in [0.25, 0.3) is 0 Å². The Hall–Kier alpha value is -1.85. The number of furan rings is 1. The third-order valence-corrected chi connectivity index (χ3v) is 3.57. The molecule has 2 heterocycles. The predicted molar refractivity (Wildman–Crippen MR) is 77.5 cm³/mol. The van der Waals surface area contributed by atoms with E-state index in [9.17, 15) is 0 Å². The van der Waals surface area contributed by atoms with E-state index in [0.29, 0.717) is 6.42 Å². The fourth-order valence-corrected chi connectivity index (χ4v) is 2.44. The Morgan fingerprint density at radius 3 is 2.65 bits per heavy atom. The number of aryl methyl sites for hydroxylation is 2. The molecule has 108 valence electrons. The van der Waals surface area contributed by atoms with Crippen LogP contribution in [0.4, 0.5) is 0 Å².